The summed E-state index contributed by atoms with van der Waals surface area (Å²) < 4.78 is 27.6. The summed E-state index contributed by atoms with van der Waals surface area (Å²) >= 11 is 3.21. The first kappa shape index (κ1) is 15.5. The Morgan fingerprint density at radius 1 is 1.40 bits per heavy atom. The molecule has 0 radical (unpaired) electrons. The van der Waals surface area contributed by atoms with E-state index < -0.39 is 16.0 Å². The summed E-state index contributed by atoms with van der Waals surface area (Å²) in [6.45, 7) is 3.70. The fourth-order valence-corrected chi connectivity index (χ4v) is 4.24. The molecule has 2 N–H and O–H groups in total. The van der Waals surface area contributed by atoms with E-state index in [1.54, 1.807) is 6.92 Å². The van der Waals surface area contributed by atoms with Crippen molar-refractivity contribution in [2.45, 2.75) is 37.6 Å². The molecule has 110 valence electrons. The van der Waals surface area contributed by atoms with Gasteiger partial charge in [0.2, 0.25) is 10.0 Å². The molecule has 2 rings (SSSR count). The molecule has 20 heavy (non-hydrogen) atoms. The fraction of sp³-hybridized carbons (Fsp3) is 0.462. The lowest BCUT2D eigenvalue weighted by atomic mass is 9.83. The first-order valence-corrected chi connectivity index (χ1v) is 8.54. The number of rotatable bonds is 4. The summed E-state index contributed by atoms with van der Waals surface area (Å²) in [4.78, 5) is 11.1. The SMILES string of the molecule is Cc1c(Br)cc(S(=O)(=O)NC2CC(C)C2)cc1C(=O)O. The topological polar surface area (TPSA) is 83.5 Å². The Labute approximate surface area is 126 Å². The Kier molecular flexibility index (Phi) is 4.22. The van der Waals surface area contributed by atoms with E-state index in [-0.39, 0.29) is 16.5 Å². The van der Waals surface area contributed by atoms with Crippen LogP contribution in [0.2, 0.25) is 0 Å². The molecule has 5 nitrogen and oxygen atoms in total. The molecular formula is C13H16BrNO4S. The lowest BCUT2D eigenvalue weighted by Gasteiger charge is -2.32. The van der Waals surface area contributed by atoms with Gasteiger partial charge in [-0.05, 0) is 43.4 Å². The average molecular weight is 362 g/mol. The van der Waals surface area contributed by atoms with E-state index in [4.69, 9.17) is 5.11 Å². The van der Waals surface area contributed by atoms with Gasteiger partial charge in [0.15, 0.2) is 0 Å². The van der Waals surface area contributed by atoms with Crippen molar-refractivity contribution in [2.75, 3.05) is 0 Å². The minimum absolute atomic E-state index is 0.0123. The number of hydrogen-bond donors (Lipinski definition) is 2. The molecule has 0 atom stereocenters. The van der Waals surface area contributed by atoms with Gasteiger partial charge in [0, 0.05) is 10.5 Å². The minimum Gasteiger partial charge on any atom is -0.478 e. The van der Waals surface area contributed by atoms with Crippen LogP contribution in [0.15, 0.2) is 21.5 Å². The van der Waals surface area contributed by atoms with Crippen molar-refractivity contribution in [3.8, 4) is 0 Å². The van der Waals surface area contributed by atoms with Crippen molar-refractivity contribution in [3.63, 3.8) is 0 Å². The first-order valence-electron chi connectivity index (χ1n) is 6.26. The molecule has 7 heteroatoms. The highest BCUT2D eigenvalue weighted by Crippen LogP contribution is 2.29. The van der Waals surface area contributed by atoms with E-state index in [9.17, 15) is 13.2 Å². The van der Waals surface area contributed by atoms with Crippen molar-refractivity contribution < 1.29 is 18.3 Å². The molecule has 0 unspecified atom stereocenters. The third kappa shape index (κ3) is 3.05. The number of benzene rings is 1. The van der Waals surface area contributed by atoms with Crippen LogP contribution in [-0.4, -0.2) is 25.5 Å². The van der Waals surface area contributed by atoms with Crippen molar-refractivity contribution >= 4 is 31.9 Å². The normalized spacial score (nSPS) is 22.4. The van der Waals surface area contributed by atoms with Crippen LogP contribution in [0.3, 0.4) is 0 Å². The highest BCUT2D eigenvalue weighted by atomic mass is 79.9. The summed E-state index contributed by atoms with van der Waals surface area (Å²) in [5, 5.41) is 9.12. The second kappa shape index (κ2) is 5.46. The monoisotopic (exact) mass is 361 g/mol. The van der Waals surface area contributed by atoms with E-state index >= 15 is 0 Å². The first-order chi connectivity index (χ1) is 9.20. The molecule has 0 spiro atoms. The zero-order valence-electron chi connectivity index (χ0n) is 11.2. The molecule has 1 aromatic carbocycles. The number of carboxylic acids is 1. The van der Waals surface area contributed by atoms with Crippen LogP contribution < -0.4 is 4.72 Å². The zero-order valence-corrected chi connectivity index (χ0v) is 13.6. The molecule has 1 saturated carbocycles. The van der Waals surface area contributed by atoms with Gasteiger partial charge in [-0.2, -0.15) is 0 Å². The van der Waals surface area contributed by atoms with E-state index in [2.05, 4.69) is 27.6 Å². The standard InChI is InChI=1S/C13H16BrNO4S/c1-7-3-9(4-7)15-20(18,19)10-5-11(13(16)17)8(2)12(14)6-10/h5-7,9,15H,3-4H2,1-2H3,(H,16,17). The van der Waals surface area contributed by atoms with Crippen LogP contribution in [0.1, 0.15) is 35.7 Å². The predicted molar refractivity (Wildman–Crippen MR) is 78.3 cm³/mol. The van der Waals surface area contributed by atoms with Gasteiger partial charge in [0.1, 0.15) is 0 Å². The van der Waals surface area contributed by atoms with Crippen molar-refractivity contribution in [2.24, 2.45) is 5.92 Å². The summed E-state index contributed by atoms with van der Waals surface area (Å²) in [6, 6.07) is 2.59. The Bertz CT molecular complexity index is 651. The van der Waals surface area contributed by atoms with E-state index in [0.717, 1.165) is 12.8 Å². The molecule has 0 heterocycles. The largest absolute Gasteiger partial charge is 0.478 e. The Hall–Kier alpha value is -0.920. The molecule has 1 aliphatic rings. The third-order valence-electron chi connectivity index (χ3n) is 3.55. The maximum atomic E-state index is 12.3. The number of halogens is 1. The number of hydrogen-bond acceptors (Lipinski definition) is 3. The molecule has 0 aromatic heterocycles. The summed E-state index contributed by atoms with van der Waals surface area (Å²) in [7, 11) is -3.68. The van der Waals surface area contributed by atoms with Gasteiger partial charge < -0.3 is 5.11 Å². The molecule has 1 fully saturated rings. The number of carboxylic acid groups (broad SMARTS) is 1. The van der Waals surface area contributed by atoms with E-state index in [1.165, 1.54) is 12.1 Å². The van der Waals surface area contributed by atoms with E-state index in [0.29, 0.717) is 16.0 Å². The smallest absolute Gasteiger partial charge is 0.336 e. The molecule has 0 bridgehead atoms. The molecule has 1 aromatic rings. The van der Waals surface area contributed by atoms with Crippen LogP contribution in [-0.2, 0) is 10.0 Å². The van der Waals surface area contributed by atoms with Crippen LogP contribution in [0.25, 0.3) is 0 Å². The molecular weight excluding hydrogens is 346 g/mol. The van der Waals surface area contributed by atoms with Crippen LogP contribution in [0.5, 0.6) is 0 Å². The molecule has 0 aliphatic heterocycles. The number of aromatic carboxylic acids is 1. The summed E-state index contributed by atoms with van der Waals surface area (Å²) in [6.07, 6.45) is 1.64. The van der Waals surface area contributed by atoms with Crippen LogP contribution in [0, 0.1) is 12.8 Å². The fourth-order valence-electron chi connectivity index (χ4n) is 2.32. The lowest BCUT2D eigenvalue weighted by molar-refractivity contribution is 0.0695. The number of sulfonamides is 1. The minimum atomic E-state index is -3.68. The average Bonchev–Trinajstić information content (AvgIpc) is 2.29. The van der Waals surface area contributed by atoms with Gasteiger partial charge in [-0.1, -0.05) is 22.9 Å². The van der Waals surface area contributed by atoms with Crippen LogP contribution >= 0.6 is 15.9 Å². The maximum absolute atomic E-state index is 12.3. The second-order valence-electron chi connectivity index (χ2n) is 5.28. The van der Waals surface area contributed by atoms with Gasteiger partial charge >= 0.3 is 5.97 Å². The van der Waals surface area contributed by atoms with Gasteiger partial charge in [0.05, 0.1) is 10.5 Å². The highest BCUT2D eigenvalue weighted by molar-refractivity contribution is 9.10. The number of nitrogens with one attached hydrogen (secondary N) is 1. The quantitative estimate of drug-likeness (QED) is 0.862. The van der Waals surface area contributed by atoms with E-state index in [1.807, 2.05) is 0 Å². The van der Waals surface area contributed by atoms with Gasteiger partial charge in [-0.25, -0.2) is 17.9 Å². The number of carbonyl (C=O) groups is 1. The van der Waals surface area contributed by atoms with Gasteiger partial charge in [-0.15, -0.1) is 0 Å². The molecule has 1 aliphatic carbocycles. The lowest BCUT2D eigenvalue weighted by Crippen LogP contribution is -2.43. The summed E-state index contributed by atoms with van der Waals surface area (Å²) in [5.41, 5.74) is 0.496. The predicted octanol–water partition coefficient (Wildman–Crippen LogP) is 2.53. The maximum Gasteiger partial charge on any atom is 0.336 e. The Morgan fingerprint density at radius 2 is 2.00 bits per heavy atom. The van der Waals surface area contributed by atoms with Crippen molar-refractivity contribution in [1.29, 1.82) is 0 Å². The summed E-state index contributed by atoms with van der Waals surface area (Å²) in [5.74, 6) is -0.612. The molecule has 0 saturated heterocycles. The van der Waals surface area contributed by atoms with Crippen molar-refractivity contribution in [1.82, 2.24) is 4.72 Å². The second-order valence-corrected chi connectivity index (χ2v) is 7.85. The van der Waals surface area contributed by atoms with Gasteiger partial charge in [-0.3, -0.25) is 0 Å². The zero-order chi connectivity index (χ0) is 15.1. The Morgan fingerprint density at radius 3 is 2.50 bits per heavy atom. The highest BCUT2D eigenvalue weighted by Gasteiger charge is 2.30. The van der Waals surface area contributed by atoms with Gasteiger partial charge in [0.25, 0.3) is 0 Å². The Balaban J connectivity index is 2.34. The third-order valence-corrected chi connectivity index (χ3v) is 5.88. The van der Waals surface area contributed by atoms with Crippen LogP contribution in [0.4, 0.5) is 0 Å². The van der Waals surface area contributed by atoms with Crippen molar-refractivity contribution in [3.05, 3.63) is 27.7 Å². The molecule has 0 amide bonds.